The number of hydrogen-bond donors (Lipinski definition) is 0. The van der Waals surface area contributed by atoms with Crippen LogP contribution in [0.1, 0.15) is 45.2 Å². The number of benzene rings is 4. The molecule has 1 nitrogen and oxygen atoms in total. The van der Waals surface area contributed by atoms with Crippen LogP contribution in [0.4, 0.5) is 0 Å². The quantitative estimate of drug-likeness (QED) is 0.297. The minimum Gasteiger partial charge on any atom is -0.236 e. The molecule has 136 valence electrons. The van der Waals surface area contributed by atoms with E-state index in [-0.39, 0.29) is 5.92 Å². The average Bonchev–Trinajstić information content (AvgIpc) is 3.22. The summed E-state index contributed by atoms with van der Waals surface area (Å²) in [6.45, 7) is 0. The molecule has 2 heteroatoms. The van der Waals surface area contributed by atoms with Gasteiger partial charge in [-0.1, -0.05) is 78.9 Å². The lowest BCUT2D eigenvalue weighted by Crippen LogP contribution is -2.27. The van der Waals surface area contributed by atoms with Crippen LogP contribution < -0.4 is 0 Å². The number of fused-ring (bicyclic) bond motifs is 1. The van der Waals surface area contributed by atoms with Gasteiger partial charge in [0.15, 0.2) is 0 Å². The number of aromatic nitrogens is 1. The fourth-order valence-electron chi connectivity index (χ4n) is 5.39. The topological polar surface area (TPSA) is 12.9 Å². The second-order valence-electron chi connectivity index (χ2n) is 7.92. The lowest BCUT2D eigenvalue weighted by molar-refractivity contribution is 0.756. The molecule has 0 spiro atoms. The predicted molar refractivity (Wildman–Crippen MR) is 120 cm³/mol. The first-order valence-electron chi connectivity index (χ1n) is 10.1. The third-order valence-corrected chi connectivity index (χ3v) is 7.57. The third kappa shape index (κ3) is 2.02. The first kappa shape index (κ1) is 15.7. The number of para-hydroxylation sites is 1. The van der Waals surface area contributed by atoms with Crippen LogP contribution in [0.3, 0.4) is 0 Å². The summed E-state index contributed by atoms with van der Waals surface area (Å²) in [5, 5.41) is 1.13. The van der Waals surface area contributed by atoms with E-state index >= 15 is 0 Å². The summed E-state index contributed by atoms with van der Waals surface area (Å²) in [7, 11) is 0. The van der Waals surface area contributed by atoms with E-state index in [0.717, 1.165) is 10.5 Å². The zero-order valence-electron chi connectivity index (χ0n) is 15.7. The molecular weight excluding hydrogens is 370 g/mol. The van der Waals surface area contributed by atoms with E-state index in [2.05, 4.69) is 91.0 Å². The molecule has 4 aromatic carbocycles. The predicted octanol–water partition coefficient (Wildman–Crippen LogP) is 6.95. The molecule has 0 fully saturated rings. The molecule has 0 amide bonds. The fourth-order valence-corrected chi connectivity index (χ4v) is 6.39. The normalized spacial score (nSPS) is 18.3. The van der Waals surface area contributed by atoms with Gasteiger partial charge in [-0.2, -0.15) is 0 Å². The highest BCUT2D eigenvalue weighted by Gasteiger charge is 2.42. The number of thiazole rings is 1. The van der Waals surface area contributed by atoms with Crippen LogP contribution in [0, 0.1) is 0 Å². The maximum absolute atomic E-state index is 5.01. The summed E-state index contributed by atoms with van der Waals surface area (Å²) in [5.74, 6) is 0.599. The Morgan fingerprint density at radius 3 is 1.83 bits per heavy atom. The van der Waals surface area contributed by atoms with Crippen LogP contribution >= 0.6 is 11.3 Å². The van der Waals surface area contributed by atoms with Crippen molar-refractivity contribution < 1.29 is 0 Å². The van der Waals surface area contributed by atoms with E-state index in [1.54, 1.807) is 11.3 Å². The molecule has 1 heterocycles. The minimum absolute atomic E-state index is 0.283. The molecule has 0 radical (unpaired) electrons. The fraction of sp³-hybridized carbons (Fsp3) is 0.0741. The Kier molecular flexibility index (Phi) is 3.05. The average molecular weight is 388 g/mol. The van der Waals surface area contributed by atoms with Crippen LogP contribution in [0.25, 0.3) is 20.8 Å². The van der Waals surface area contributed by atoms with Gasteiger partial charge < -0.3 is 0 Å². The molecule has 0 unspecified atom stereocenters. The van der Waals surface area contributed by atoms with Crippen molar-refractivity contribution in [2.24, 2.45) is 0 Å². The zero-order valence-corrected chi connectivity index (χ0v) is 16.5. The molecule has 5 aromatic rings. The first-order chi connectivity index (χ1) is 14.4. The molecule has 0 atom stereocenters. The summed E-state index contributed by atoms with van der Waals surface area (Å²) in [5.41, 5.74) is 11.1. The van der Waals surface area contributed by atoms with E-state index in [9.17, 15) is 0 Å². The minimum atomic E-state index is 0.283. The molecule has 0 N–H and O–H groups in total. The van der Waals surface area contributed by atoms with Crippen molar-refractivity contribution >= 4 is 21.6 Å². The van der Waals surface area contributed by atoms with Gasteiger partial charge in [-0.15, -0.1) is 11.3 Å². The van der Waals surface area contributed by atoms with Crippen molar-refractivity contribution in [3.8, 4) is 10.6 Å². The molecule has 0 saturated carbocycles. The Morgan fingerprint density at radius 1 is 0.552 bits per heavy atom. The molecule has 0 aliphatic heterocycles. The van der Waals surface area contributed by atoms with Crippen molar-refractivity contribution in [3.05, 3.63) is 124 Å². The van der Waals surface area contributed by atoms with Crippen molar-refractivity contribution in [2.75, 3.05) is 0 Å². The van der Waals surface area contributed by atoms with Gasteiger partial charge in [-0.3, -0.25) is 0 Å². The maximum atomic E-state index is 5.01. The third-order valence-electron chi connectivity index (χ3n) is 6.50. The van der Waals surface area contributed by atoms with Crippen molar-refractivity contribution in [2.45, 2.75) is 11.8 Å². The second kappa shape index (κ2) is 5.65. The molecule has 3 aliphatic carbocycles. The summed E-state index contributed by atoms with van der Waals surface area (Å²) < 4.78 is 1.25. The van der Waals surface area contributed by atoms with Gasteiger partial charge in [-0.25, -0.2) is 4.98 Å². The van der Waals surface area contributed by atoms with E-state index in [1.165, 1.54) is 43.6 Å². The molecule has 1 aromatic heterocycles. The van der Waals surface area contributed by atoms with Crippen LogP contribution in [-0.4, -0.2) is 4.98 Å². The van der Waals surface area contributed by atoms with E-state index in [4.69, 9.17) is 4.98 Å². The van der Waals surface area contributed by atoms with Crippen molar-refractivity contribution in [3.63, 3.8) is 0 Å². The van der Waals surface area contributed by atoms with Crippen LogP contribution in [0.2, 0.25) is 0 Å². The summed E-state index contributed by atoms with van der Waals surface area (Å²) in [6.07, 6.45) is 0. The van der Waals surface area contributed by atoms with Crippen LogP contribution in [0.5, 0.6) is 0 Å². The van der Waals surface area contributed by atoms with Gasteiger partial charge in [0.1, 0.15) is 5.01 Å². The summed E-state index contributed by atoms with van der Waals surface area (Å²) in [6, 6.07) is 33.3. The Bertz CT molecular complexity index is 1350. The SMILES string of the molecule is c1ccc2c(c1)C1c3ccccc3C2c2c(-c3nc4ccccc4s3)cccc21. The zero-order chi connectivity index (χ0) is 18.9. The first-order valence-corrected chi connectivity index (χ1v) is 10.9. The van der Waals surface area contributed by atoms with E-state index in [0.29, 0.717) is 5.92 Å². The second-order valence-corrected chi connectivity index (χ2v) is 8.95. The van der Waals surface area contributed by atoms with E-state index < -0.39 is 0 Å². The summed E-state index contributed by atoms with van der Waals surface area (Å²) >= 11 is 1.80. The molecule has 0 saturated heterocycles. The van der Waals surface area contributed by atoms with Gasteiger partial charge in [-0.05, 0) is 45.5 Å². The molecular formula is C27H17NS. The lowest BCUT2D eigenvalue weighted by Gasteiger charge is -2.43. The lowest BCUT2D eigenvalue weighted by atomic mass is 9.60. The number of nitrogens with zero attached hydrogens (tertiary/aromatic N) is 1. The van der Waals surface area contributed by atoms with Crippen LogP contribution in [-0.2, 0) is 0 Å². The Morgan fingerprint density at radius 2 is 1.14 bits per heavy atom. The highest BCUT2D eigenvalue weighted by Crippen LogP contribution is 2.57. The van der Waals surface area contributed by atoms with Crippen LogP contribution in [0.15, 0.2) is 91.0 Å². The Hall–Kier alpha value is -3.23. The highest BCUT2D eigenvalue weighted by molar-refractivity contribution is 7.21. The largest absolute Gasteiger partial charge is 0.236 e. The van der Waals surface area contributed by atoms with Gasteiger partial charge in [0, 0.05) is 17.4 Å². The number of rotatable bonds is 1. The Labute approximate surface area is 173 Å². The van der Waals surface area contributed by atoms with Gasteiger partial charge in [0.05, 0.1) is 10.2 Å². The number of hydrogen-bond acceptors (Lipinski definition) is 2. The van der Waals surface area contributed by atoms with Gasteiger partial charge >= 0.3 is 0 Å². The maximum Gasteiger partial charge on any atom is 0.124 e. The molecule has 8 rings (SSSR count). The van der Waals surface area contributed by atoms with Gasteiger partial charge in [0.25, 0.3) is 0 Å². The molecule has 2 bridgehead atoms. The highest BCUT2D eigenvalue weighted by atomic mass is 32.1. The standard InChI is InChI=1S/C27H17NS/c1-3-10-18-16(8-1)24-17-9-2-4-11-19(17)25(18)26-20(24)12-7-13-21(26)27-28-22-14-5-6-15-23(22)29-27/h1-15,24-25H. The Balaban J connectivity index is 1.56. The molecule has 29 heavy (non-hydrogen) atoms. The van der Waals surface area contributed by atoms with Crippen molar-refractivity contribution in [1.29, 1.82) is 0 Å². The summed E-state index contributed by atoms with van der Waals surface area (Å²) in [4.78, 5) is 5.01. The smallest absolute Gasteiger partial charge is 0.124 e. The monoisotopic (exact) mass is 387 g/mol. The van der Waals surface area contributed by atoms with E-state index in [1.807, 2.05) is 0 Å². The van der Waals surface area contributed by atoms with Crippen molar-refractivity contribution in [1.82, 2.24) is 4.98 Å². The van der Waals surface area contributed by atoms with Gasteiger partial charge in [0.2, 0.25) is 0 Å². The molecule has 3 aliphatic rings.